The number of aromatic nitrogens is 1. The van der Waals surface area contributed by atoms with Gasteiger partial charge in [0.2, 0.25) is 5.91 Å². The molecular weight excluding hydrogens is 385 g/mol. The number of nitrogens with zero attached hydrogens (tertiary/aromatic N) is 2. The van der Waals surface area contributed by atoms with Crippen molar-refractivity contribution in [3.05, 3.63) is 45.6 Å². The highest BCUT2D eigenvalue weighted by Crippen LogP contribution is 2.24. The molecule has 5 nitrogen and oxygen atoms in total. The second-order valence-electron chi connectivity index (χ2n) is 5.11. The number of anilines is 1. The third-order valence-corrected chi connectivity index (χ3v) is 4.82. The van der Waals surface area contributed by atoms with E-state index < -0.39 is 17.8 Å². The van der Waals surface area contributed by atoms with Crippen molar-refractivity contribution in [2.45, 2.75) is 18.9 Å². The first kappa shape index (κ1) is 16.1. The fourth-order valence-corrected chi connectivity index (χ4v) is 3.47. The summed E-state index contributed by atoms with van der Waals surface area (Å²) in [5.74, 6) is -1.36. The molecular formula is C15H13BrFN3O2S. The lowest BCUT2D eigenvalue weighted by Crippen LogP contribution is -2.43. The molecule has 2 heterocycles. The summed E-state index contributed by atoms with van der Waals surface area (Å²) in [5, 5.41) is 4.94. The second kappa shape index (κ2) is 6.76. The van der Waals surface area contributed by atoms with Crippen LogP contribution in [0.5, 0.6) is 0 Å². The van der Waals surface area contributed by atoms with Crippen LogP contribution in [0, 0.1) is 5.82 Å². The molecule has 120 valence electrons. The molecule has 1 aromatic carbocycles. The molecule has 23 heavy (non-hydrogen) atoms. The fourth-order valence-electron chi connectivity index (χ4n) is 2.57. The maximum Gasteiger partial charge on any atom is 0.257 e. The zero-order valence-electron chi connectivity index (χ0n) is 12.0. The smallest absolute Gasteiger partial charge is 0.257 e. The molecule has 1 saturated heterocycles. The summed E-state index contributed by atoms with van der Waals surface area (Å²) in [6.45, 7) is 0.431. The van der Waals surface area contributed by atoms with Crippen LogP contribution in [0.15, 0.2) is 34.2 Å². The molecule has 1 fully saturated rings. The van der Waals surface area contributed by atoms with Crippen molar-refractivity contribution in [2.24, 2.45) is 0 Å². The van der Waals surface area contributed by atoms with Crippen LogP contribution in [0.25, 0.3) is 0 Å². The van der Waals surface area contributed by atoms with Gasteiger partial charge in [-0.1, -0.05) is 15.9 Å². The van der Waals surface area contributed by atoms with Gasteiger partial charge in [0, 0.05) is 22.6 Å². The van der Waals surface area contributed by atoms with Gasteiger partial charge in [-0.3, -0.25) is 9.59 Å². The Morgan fingerprint density at radius 3 is 3.00 bits per heavy atom. The lowest BCUT2D eigenvalue weighted by molar-refractivity contribution is -0.119. The monoisotopic (exact) mass is 397 g/mol. The molecule has 3 rings (SSSR count). The Morgan fingerprint density at radius 1 is 1.43 bits per heavy atom. The van der Waals surface area contributed by atoms with Crippen molar-refractivity contribution in [3.8, 4) is 0 Å². The van der Waals surface area contributed by atoms with E-state index in [9.17, 15) is 14.0 Å². The van der Waals surface area contributed by atoms with Crippen molar-refractivity contribution in [3.63, 3.8) is 0 Å². The minimum Gasteiger partial charge on any atom is -0.327 e. The third-order valence-electron chi connectivity index (χ3n) is 3.64. The Balaban J connectivity index is 1.79. The molecule has 0 aliphatic carbocycles. The number of amides is 2. The zero-order chi connectivity index (χ0) is 16.4. The first-order valence-electron chi connectivity index (χ1n) is 7.02. The maximum atomic E-state index is 13.9. The number of hydrogen-bond donors (Lipinski definition) is 1. The van der Waals surface area contributed by atoms with Gasteiger partial charge in [0.1, 0.15) is 11.9 Å². The number of rotatable bonds is 3. The molecule has 8 heteroatoms. The van der Waals surface area contributed by atoms with Gasteiger partial charge in [-0.2, -0.15) is 0 Å². The van der Waals surface area contributed by atoms with Gasteiger partial charge in [0.25, 0.3) is 5.91 Å². The number of likely N-dealkylation sites (tertiary alicyclic amines) is 1. The van der Waals surface area contributed by atoms with Gasteiger partial charge in [0.05, 0.1) is 5.56 Å². The summed E-state index contributed by atoms with van der Waals surface area (Å²) >= 11 is 4.54. The maximum absolute atomic E-state index is 13.9. The highest BCUT2D eigenvalue weighted by Gasteiger charge is 2.35. The number of hydrogen-bond acceptors (Lipinski definition) is 4. The minimum absolute atomic E-state index is 0.0340. The van der Waals surface area contributed by atoms with E-state index in [4.69, 9.17) is 0 Å². The van der Waals surface area contributed by atoms with E-state index in [-0.39, 0.29) is 11.5 Å². The Hall–Kier alpha value is -1.80. The number of halogens is 2. The van der Waals surface area contributed by atoms with Crippen LogP contribution in [0.4, 0.5) is 9.52 Å². The molecule has 0 bridgehead atoms. The molecule has 1 aliphatic heterocycles. The Bertz CT molecular complexity index is 738. The number of thiazole rings is 1. The summed E-state index contributed by atoms with van der Waals surface area (Å²) in [6.07, 6.45) is 2.85. The molecule has 0 saturated carbocycles. The van der Waals surface area contributed by atoms with Crippen LogP contribution in [0.1, 0.15) is 23.2 Å². The predicted octanol–water partition coefficient (Wildman–Crippen LogP) is 3.29. The number of carbonyl (C=O) groups is 2. The minimum atomic E-state index is -0.607. The Kier molecular flexibility index (Phi) is 4.72. The zero-order valence-corrected chi connectivity index (χ0v) is 14.4. The van der Waals surface area contributed by atoms with Gasteiger partial charge >= 0.3 is 0 Å². The van der Waals surface area contributed by atoms with E-state index in [2.05, 4.69) is 26.2 Å². The Labute approximate surface area is 144 Å². The summed E-state index contributed by atoms with van der Waals surface area (Å²) < 4.78 is 14.5. The van der Waals surface area contributed by atoms with Crippen molar-refractivity contribution < 1.29 is 14.0 Å². The molecule has 1 aromatic heterocycles. The normalized spacial score (nSPS) is 17.3. The van der Waals surface area contributed by atoms with E-state index in [0.717, 1.165) is 0 Å². The Morgan fingerprint density at radius 2 is 2.26 bits per heavy atom. The third kappa shape index (κ3) is 3.42. The van der Waals surface area contributed by atoms with Crippen LogP contribution in [-0.2, 0) is 4.79 Å². The average Bonchev–Trinajstić information content (AvgIpc) is 3.20. The van der Waals surface area contributed by atoms with Crippen LogP contribution in [0.3, 0.4) is 0 Å². The summed E-state index contributed by atoms with van der Waals surface area (Å²) in [5.41, 5.74) is -0.0340. The second-order valence-corrected chi connectivity index (χ2v) is 6.92. The van der Waals surface area contributed by atoms with Gasteiger partial charge in [-0.25, -0.2) is 9.37 Å². The van der Waals surface area contributed by atoms with Gasteiger partial charge < -0.3 is 10.2 Å². The quantitative estimate of drug-likeness (QED) is 0.863. The van der Waals surface area contributed by atoms with Crippen molar-refractivity contribution in [1.29, 1.82) is 0 Å². The standard InChI is InChI=1S/C15H13BrFN3O2S/c16-9-3-4-11(17)10(8-9)14(22)20-6-1-2-12(20)13(21)19-15-18-5-7-23-15/h3-5,7-8,12H,1-2,6H2,(H,18,19,21). The first-order chi connectivity index (χ1) is 11.1. The van der Waals surface area contributed by atoms with E-state index in [0.29, 0.717) is 29.0 Å². The average molecular weight is 398 g/mol. The van der Waals surface area contributed by atoms with E-state index in [1.807, 2.05) is 0 Å². The van der Waals surface area contributed by atoms with Crippen LogP contribution >= 0.6 is 27.3 Å². The van der Waals surface area contributed by atoms with E-state index in [1.54, 1.807) is 11.6 Å². The highest BCUT2D eigenvalue weighted by atomic mass is 79.9. The molecule has 1 N–H and O–H groups in total. The van der Waals surface area contributed by atoms with Gasteiger partial charge in [0.15, 0.2) is 5.13 Å². The first-order valence-corrected chi connectivity index (χ1v) is 8.70. The lowest BCUT2D eigenvalue weighted by atomic mass is 10.1. The number of carbonyl (C=O) groups excluding carboxylic acids is 2. The van der Waals surface area contributed by atoms with Crippen molar-refractivity contribution in [1.82, 2.24) is 9.88 Å². The van der Waals surface area contributed by atoms with Crippen LogP contribution in [-0.4, -0.2) is 34.3 Å². The van der Waals surface area contributed by atoms with Crippen LogP contribution < -0.4 is 5.32 Å². The largest absolute Gasteiger partial charge is 0.327 e. The molecule has 2 aromatic rings. The lowest BCUT2D eigenvalue weighted by Gasteiger charge is -2.23. The number of benzene rings is 1. The number of nitrogens with one attached hydrogen (secondary N) is 1. The van der Waals surface area contributed by atoms with E-state index >= 15 is 0 Å². The van der Waals surface area contributed by atoms with Gasteiger partial charge in [-0.05, 0) is 31.0 Å². The highest BCUT2D eigenvalue weighted by molar-refractivity contribution is 9.10. The van der Waals surface area contributed by atoms with Crippen molar-refractivity contribution >= 4 is 44.2 Å². The molecule has 1 atom stereocenters. The van der Waals surface area contributed by atoms with Crippen molar-refractivity contribution in [2.75, 3.05) is 11.9 Å². The van der Waals surface area contributed by atoms with Crippen LogP contribution in [0.2, 0.25) is 0 Å². The van der Waals surface area contributed by atoms with Gasteiger partial charge in [-0.15, -0.1) is 11.3 Å². The molecule has 0 radical (unpaired) electrons. The predicted molar refractivity (Wildman–Crippen MR) is 88.9 cm³/mol. The summed E-state index contributed by atoms with van der Waals surface area (Å²) in [7, 11) is 0. The molecule has 0 spiro atoms. The van der Waals surface area contributed by atoms with E-state index in [1.165, 1.54) is 34.4 Å². The topological polar surface area (TPSA) is 62.3 Å². The SMILES string of the molecule is O=C(Nc1nccs1)C1CCCN1C(=O)c1cc(Br)ccc1F. The summed E-state index contributed by atoms with van der Waals surface area (Å²) in [4.78, 5) is 30.4. The molecule has 1 aliphatic rings. The molecule has 2 amide bonds. The fraction of sp³-hybridized carbons (Fsp3) is 0.267. The molecule has 1 unspecified atom stereocenters. The summed E-state index contributed by atoms with van der Waals surface area (Å²) in [6, 6.07) is 3.59.